The third-order valence-corrected chi connectivity index (χ3v) is 5.69. The maximum atomic E-state index is 12.8. The molecular formula is C16H19N3O3S. The van der Waals surface area contributed by atoms with Crippen molar-refractivity contribution >= 4 is 17.2 Å². The maximum Gasteiger partial charge on any atom is 0.246 e. The predicted molar refractivity (Wildman–Crippen MR) is 84.2 cm³/mol. The van der Waals surface area contributed by atoms with Crippen LogP contribution in [0.4, 0.5) is 0 Å². The van der Waals surface area contributed by atoms with Gasteiger partial charge in [-0.05, 0) is 30.4 Å². The van der Waals surface area contributed by atoms with Crippen LogP contribution < -0.4 is 0 Å². The van der Waals surface area contributed by atoms with Crippen molar-refractivity contribution in [2.75, 3.05) is 19.7 Å². The Morgan fingerprint density at radius 3 is 2.96 bits per heavy atom. The molecule has 2 fully saturated rings. The molecule has 0 radical (unpaired) electrons. The zero-order valence-electron chi connectivity index (χ0n) is 13.2. The van der Waals surface area contributed by atoms with Crippen LogP contribution >= 0.6 is 11.3 Å². The highest BCUT2D eigenvalue weighted by Gasteiger charge is 2.47. The molecule has 23 heavy (non-hydrogen) atoms. The topological polar surface area (TPSA) is 68.5 Å². The third kappa shape index (κ3) is 2.79. The van der Waals surface area contributed by atoms with Gasteiger partial charge >= 0.3 is 0 Å². The first kappa shape index (κ1) is 14.8. The summed E-state index contributed by atoms with van der Waals surface area (Å²) in [5.74, 6) is 1.72. The highest BCUT2D eigenvalue weighted by Crippen LogP contribution is 2.51. The number of aromatic nitrogens is 2. The molecule has 122 valence electrons. The summed E-state index contributed by atoms with van der Waals surface area (Å²) in [6.45, 7) is 5.50. The number of hydrogen-bond acceptors (Lipinski definition) is 6. The number of carbonyl (C=O) groups excluding carboxylic acids is 1. The van der Waals surface area contributed by atoms with Crippen molar-refractivity contribution in [3.63, 3.8) is 0 Å². The molecule has 0 aromatic carbocycles. The minimum absolute atomic E-state index is 0.121. The summed E-state index contributed by atoms with van der Waals surface area (Å²) in [5, 5.41) is 9.95. The Bertz CT molecular complexity index is 726. The van der Waals surface area contributed by atoms with Crippen LogP contribution in [-0.4, -0.2) is 40.7 Å². The van der Waals surface area contributed by atoms with Gasteiger partial charge < -0.3 is 14.1 Å². The summed E-state index contributed by atoms with van der Waals surface area (Å²) in [7, 11) is 0. The first-order valence-electron chi connectivity index (χ1n) is 7.88. The SMILES string of the molecule is Cc1nnc(C2CN(C(=O)C3CC3c3sccc3C)CCO2)o1. The smallest absolute Gasteiger partial charge is 0.246 e. The van der Waals surface area contributed by atoms with Crippen molar-refractivity contribution in [1.29, 1.82) is 0 Å². The number of aryl methyl sites for hydroxylation is 2. The molecule has 1 aliphatic carbocycles. The van der Waals surface area contributed by atoms with Crippen LogP contribution in [0.3, 0.4) is 0 Å². The number of ether oxygens (including phenoxy) is 1. The van der Waals surface area contributed by atoms with Gasteiger partial charge in [0.15, 0.2) is 6.10 Å². The van der Waals surface area contributed by atoms with E-state index in [1.807, 2.05) is 4.90 Å². The van der Waals surface area contributed by atoms with Crippen LogP contribution in [0, 0.1) is 19.8 Å². The van der Waals surface area contributed by atoms with Gasteiger partial charge in [0.1, 0.15) is 0 Å². The fraction of sp³-hybridized carbons (Fsp3) is 0.562. The fourth-order valence-electron chi connectivity index (χ4n) is 3.20. The third-order valence-electron chi connectivity index (χ3n) is 4.54. The predicted octanol–water partition coefficient (Wildman–Crippen LogP) is 2.45. The molecule has 0 spiro atoms. The van der Waals surface area contributed by atoms with Crippen LogP contribution in [0.1, 0.15) is 40.7 Å². The number of thiophene rings is 1. The van der Waals surface area contributed by atoms with E-state index in [2.05, 4.69) is 28.6 Å². The average Bonchev–Trinajstić information content (AvgIpc) is 3.03. The molecule has 6 nitrogen and oxygen atoms in total. The molecule has 0 bridgehead atoms. The Kier molecular flexibility index (Phi) is 3.69. The van der Waals surface area contributed by atoms with Gasteiger partial charge in [-0.3, -0.25) is 4.79 Å². The number of rotatable bonds is 3. The number of hydrogen-bond donors (Lipinski definition) is 0. The van der Waals surface area contributed by atoms with Gasteiger partial charge in [-0.2, -0.15) is 0 Å². The summed E-state index contributed by atoms with van der Waals surface area (Å²) >= 11 is 1.76. The van der Waals surface area contributed by atoms with Crippen LogP contribution in [-0.2, 0) is 9.53 Å². The van der Waals surface area contributed by atoms with E-state index in [1.165, 1.54) is 10.4 Å². The van der Waals surface area contributed by atoms with Crippen molar-refractivity contribution < 1.29 is 13.9 Å². The monoisotopic (exact) mass is 333 g/mol. The summed E-state index contributed by atoms with van der Waals surface area (Å²) in [4.78, 5) is 16.0. The molecule has 2 aromatic heterocycles. The summed E-state index contributed by atoms with van der Waals surface area (Å²) in [6.07, 6.45) is 0.650. The lowest BCUT2D eigenvalue weighted by Crippen LogP contribution is -2.43. The molecule has 3 atom stereocenters. The lowest BCUT2D eigenvalue weighted by molar-refractivity contribution is -0.141. The van der Waals surface area contributed by atoms with E-state index >= 15 is 0 Å². The molecule has 1 saturated carbocycles. The molecule has 3 unspecified atom stereocenters. The quantitative estimate of drug-likeness (QED) is 0.863. The summed E-state index contributed by atoms with van der Waals surface area (Å²) in [6, 6.07) is 2.13. The molecule has 3 heterocycles. The molecule has 2 aliphatic rings. The van der Waals surface area contributed by atoms with E-state index in [-0.39, 0.29) is 17.9 Å². The highest BCUT2D eigenvalue weighted by molar-refractivity contribution is 7.10. The molecule has 4 rings (SSSR count). The maximum absolute atomic E-state index is 12.8. The van der Waals surface area contributed by atoms with Crippen molar-refractivity contribution in [2.24, 2.45) is 5.92 Å². The minimum Gasteiger partial charge on any atom is -0.423 e. The van der Waals surface area contributed by atoms with Gasteiger partial charge in [0, 0.05) is 30.2 Å². The standard InChI is InChI=1S/C16H19N3O3S/c1-9-3-6-23-14(9)11-7-12(11)16(20)19-4-5-21-13(8-19)15-18-17-10(2)22-15/h3,6,11-13H,4-5,7-8H2,1-2H3. The van der Waals surface area contributed by atoms with Crippen LogP contribution in [0.2, 0.25) is 0 Å². The van der Waals surface area contributed by atoms with E-state index in [4.69, 9.17) is 9.15 Å². The van der Waals surface area contributed by atoms with Crippen LogP contribution in [0.15, 0.2) is 15.9 Å². The Morgan fingerprint density at radius 1 is 1.39 bits per heavy atom. The van der Waals surface area contributed by atoms with E-state index in [0.717, 1.165) is 6.42 Å². The number of morpholine rings is 1. The molecule has 2 aromatic rings. The minimum atomic E-state index is -0.311. The Labute approximate surface area is 138 Å². The summed E-state index contributed by atoms with van der Waals surface area (Å²) in [5.41, 5.74) is 1.30. The molecule has 7 heteroatoms. The zero-order chi connectivity index (χ0) is 16.0. The Balaban J connectivity index is 1.42. The first-order valence-corrected chi connectivity index (χ1v) is 8.76. The lowest BCUT2D eigenvalue weighted by atomic mass is 10.1. The second kappa shape index (κ2) is 5.72. The van der Waals surface area contributed by atoms with Gasteiger partial charge in [0.2, 0.25) is 17.7 Å². The van der Waals surface area contributed by atoms with Crippen molar-refractivity contribution in [1.82, 2.24) is 15.1 Å². The molecule has 1 saturated heterocycles. The van der Waals surface area contributed by atoms with Crippen LogP contribution in [0.5, 0.6) is 0 Å². The largest absolute Gasteiger partial charge is 0.423 e. The van der Waals surface area contributed by atoms with Crippen molar-refractivity contribution in [3.8, 4) is 0 Å². The Hall–Kier alpha value is -1.73. The lowest BCUT2D eigenvalue weighted by Gasteiger charge is -2.31. The zero-order valence-corrected chi connectivity index (χ0v) is 14.0. The second-order valence-electron chi connectivity index (χ2n) is 6.22. The second-order valence-corrected chi connectivity index (χ2v) is 7.17. The van der Waals surface area contributed by atoms with Gasteiger partial charge in [0.05, 0.1) is 13.2 Å². The average molecular weight is 333 g/mol. The van der Waals surface area contributed by atoms with Crippen molar-refractivity contribution in [2.45, 2.75) is 32.3 Å². The number of nitrogens with zero attached hydrogens (tertiary/aromatic N) is 3. The van der Waals surface area contributed by atoms with Gasteiger partial charge in [-0.15, -0.1) is 21.5 Å². The van der Waals surface area contributed by atoms with E-state index in [0.29, 0.717) is 37.4 Å². The summed E-state index contributed by atoms with van der Waals surface area (Å²) < 4.78 is 11.1. The van der Waals surface area contributed by atoms with Gasteiger partial charge in [-0.1, -0.05) is 0 Å². The Morgan fingerprint density at radius 2 is 2.26 bits per heavy atom. The fourth-order valence-corrected chi connectivity index (χ4v) is 4.31. The molecular weight excluding hydrogens is 314 g/mol. The van der Waals surface area contributed by atoms with Gasteiger partial charge in [-0.25, -0.2) is 0 Å². The molecule has 0 N–H and O–H groups in total. The normalized spacial score (nSPS) is 27.2. The van der Waals surface area contributed by atoms with E-state index in [9.17, 15) is 4.79 Å². The number of carbonyl (C=O) groups is 1. The van der Waals surface area contributed by atoms with E-state index < -0.39 is 0 Å². The van der Waals surface area contributed by atoms with Gasteiger partial charge in [0.25, 0.3) is 0 Å². The highest BCUT2D eigenvalue weighted by atomic mass is 32.1. The van der Waals surface area contributed by atoms with Crippen molar-refractivity contribution in [3.05, 3.63) is 33.7 Å². The number of amides is 1. The molecule has 1 aliphatic heterocycles. The molecule has 1 amide bonds. The van der Waals surface area contributed by atoms with Crippen LogP contribution in [0.25, 0.3) is 0 Å². The first-order chi connectivity index (χ1) is 11.1. The van der Waals surface area contributed by atoms with E-state index in [1.54, 1.807) is 18.3 Å².